The highest BCUT2D eigenvalue weighted by Crippen LogP contribution is 2.37. The second-order valence-electron chi connectivity index (χ2n) is 7.70. The molecule has 0 spiro atoms. The summed E-state index contributed by atoms with van der Waals surface area (Å²) in [4.78, 5) is 22.0. The number of hydrogen-bond acceptors (Lipinski definition) is 6. The quantitative estimate of drug-likeness (QED) is 0.439. The number of sulfone groups is 1. The first-order chi connectivity index (χ1) is 16.3. The number of hydrogen-bond donors (Lipinski definition) is 0. The van der Waals surface area contributed by atoms with Crippen LogP contribution in [0.25, 0.3) is 11.1 Å². The van der Waals surface area contributed by atoms with E-state index in [-0.39, 0.29) is 29.2 Å². The Bertz CT molecular complexity index is 1360. The summed E-state index contributed by atoms with van der Waals surface area (Å²) in [6.07, 6.45) is -1.14. The number of carbonyl (C=O) groups excluding carboxylic acids is 1. The topological polar surface area (TPSA) is 89.5 Å². The minimum absolute atomic E-state index is 0.0437. The lowest BCUT2D eigenvalue weighted by Gasteiger charge is -2.26. The summed E-state index contributed by atoms with van der Waals surface area (Å²) in [5, 5.41) is 0. The highest BCUT2D eigenvalue weighted by Gasteiger charge is 2.34. The molecule has 0 N–H and O–H groups in total. The first kappa shape index (κ1) is 26.1. The molecule has 186 valence electrons. The number of halogens is 4. The molecule has 2 heterocycles. The zero-order chi connectivity index (χ0) is 26.0. The Hall–Kier alpha value is -3.54. The van der Waals surface area contributed by atoms with Gasteiger partial charge in [0.15, 0.2) is 0 Å². The fraction of sp³-hybridized carbons (Fsp3) is 0.261. The van der Waals surface area contributed by atoms with Crippen molar-refractivity contribution in [2.75, 3.05) is 30.6 Å². The van der Waals surface area contributed by atoms with E-state index in [2.05, 4.69) is 9.97 Å². The molecule has 2 aromatic heterocycles. The van der Waals surface area contributed by atoms with Gasteiger partial charge in [-0.05, 0) is 37.3 Å². The van der Waals surface area contributed by atoms with Crippen LogP contribution in [0, 0.1) is 12.7 Å². The van der Waals surface area contributed by atoms with Gasteiger partial charge in [-0.15, -0.1) is 0 Å². The molecule has 0 aliphatic carbocycles. The maximum atomic E-state index is 13.8. The Morgan fingerprint density at radius 3 is 2.46 bits per heavy atom. The number of methoxy groups -OCH3 is 1. The van der Waals surface area contributed by atoms with Crippen LogP contribution in [0.5, 0.6) is 5.75 Å². The summed E-state index contributed by atoms with van der Waals surface area (Å²) in [5.74, 6) is -1.80. The average molecular weight is 511 g/mol. The molecule has 0 aliphatic rings. The standard InChI is InChI=1S/C23H21F4N3O4S/c1-14-10-15(11-21(29-14)23(25,26)27)22(31)30(8-9-35(3,32)33)19-13-28-7-6-17(19)18-5-4-16(24)12-20(18)34-2/h4-7,10-13H,8-9H2,1-3H3. The van der Waals surface area contributed by atoms with Crippen molar-refractivity contribution in [3.8, 4) is 16.9 Å². The number of aromatic nitrogens is 2. The van der Waals surface area contributed by atoms with E-state index in [4.69, 9.17) is 4.74 Å². The largest absolute Gasteiger partial charge is 0.496 e. The van der Waals surface area contributed by atoms with Crippen molar-refractivity contribution in [2.24, 2.45) is 0 Å². The SMILES string of the molecule is COc1cc(F)ccc1-c1ccncc1N(CCS(C)(=O)=O)C(=O)c1cc(C)nc(C(F)(F)F)c1. The Morgan fingerprint density at radius 1 is 1.11 bits per heavy atom. The molecular weight excluding hydrogens is 490 g/mol. The molecule has 3 aromatic rings. The fourth-order valence-corrected chi connectivity index (χ4v) is 3.91. The minimum Gasteiger partial charge on any atom is -0.496 e. The summed E-state index contributed by atoms with van der Waals surface area (Å²) >= 11 is 0. The molecule has 1 aromatic carbocycles. The lowest BCUT2D eigenvalue weighted by molar-refractivity contribution is -0.141. The average Bonchev–Trinajstić information content (AvgIpc) is 2.77. The van der Waals surface area contributed by atoms with Gasteiger partial charge in [0, 0.05) is 47.4 Å². The second-order valence-corrected chi connectivity index (χ2v) is 9.96. The van der Waals surface area contributed by atoms with E-state index < -0.39 is 39.2 Å². The van der Waals surface area contributed by atoms with Gasteiger partial charge < -0.3 is 9.64 Å². The van der Waals surface area contributed by atoms with Crippen molar-refractivity contribution in [2.45, 2.75) is 13.1 Å². The normalized spacial score (nSPS) is 11.9. The number of aryl methyl sites for hydroxylation is 1. The molecule has 0 saturated carbocycles. The van der Waals surface area contributed by atoms with Crippen LogP contribution in [0.2, 0.25) is 0 Å². The molecule has 0 unspecified atom stereocenters. The van der Waals surface area contributed by atoms with Gasteiger partial charge in [-0.2, -0.15) is 13.2 Å². The van der Waals surface area contributed by atoms with E-state index in [1.807, 2.05) is 0 Å². The number of rotatable bonds is 7. The first-order valence-corrected chi connectivity index (χ1v) is 12.2. The van der Waals surface area contributed by atoms with Crippen molar-refractivity contribution >= 4 is 21.4 Å². The van der Waals surface area contributed by atoms with E-state index in [1.54, 1.807) is 0 Å². The van der Waals surface area contributed by atoms with E-state index in [0.717, 1.165) is 17.2 Å². The summed E-state index contributed by atoms with van der Waals surface area (Å²) < 4.78 is 82.7. The lowest BCUT2D eigenvalue weighted by Crippen LogP contribution is -2.36. The Balaban J connectivity index is 2.19. The van der Waals surface area contributed by atoms with Crippen LogP contribution in [0.4, 0.5) is 23.2 Å². The van der Waals surface area contributed by atoms with E-state index >= 15 is 0 Å². The Kier molecular flexibility index (Phi) is 7.44. The van der Waals surface area contributed by atoms with Gasteiger partial charge in [0.1, 0.15) is 27.1 Å². The Morgan fingerprint density at radius 2 is 1.83 bits per heavy atom. The second kappa shape index (κ2) is 9.98. The molecule has 35 heavy (non-hydrogen) atoms. The summed E-state index contributed by atoms with van der Waals surface area (Å²) in [7, 11) is -2.24. The van der Waals surface area contributed by atoms with Crippen molar-refractivity contribution in [1.29, 1.82) is 0 Å². The number of nitrogens with zero attached hydrogens (tertiary/aromatic N) is 3. The molecule has 0 bridgehead atoms. The monoisotopic (exact) mass is 511 g/mol. The van der Waals surface area contributed by atoms with Crippen molar-refractivity contribution in [3.63, 3.8) is 0 Å². The molecule has 1 amide bonds. The summed E-state index contributed by atoms with van der Waals surface area (Å²) in [6.45, 7) is 0.939. The van der Waals surface area contributed by atoms with Gasteiger partial charge in [-0.1, -0.05) is 0 Å². The molecule has 0 saturated heterocycles. The van der Waals surface area contributed by atoms with Gasteiger partial charge in [-0.25, -0.2) is 17.8 Å². The first-order valence-electron chi connectivity index (χ1n) is 10.1. The van der Waals surface area contributed by atoms with Gasteiger partial charge in [-0.3, -0.25) is 9.78 Å². The maximum Gasteiger partial charge on any atom is 0.433 e. The van der Waals surface area contributed by atoms with Crippen LogP contribution in [0.1, 0.15) is 21.7 Å². The minimum atomic E-state index is -4.79. The molecule has 7 nitrogen and oxygen atoms in total. The van der Waals surface area contributed by atoms with Crippen LogP contribution < -0.4 is 9.64 Å². The molecule has 0 radical (unpaired) electrons. The van der Waals surface area contributed by atoms with Crippen LogP contribution in [-0.4, -0.2) is 50.0 Å². The zero-order valence-electron chi connectivity index (χ0n) is 18.9. The van der Waals surface area contributed by atoms with Gasteiger partial charge in [0.2, 0.25) is 0 Å². The number of benzene rings is 1. The molecule has 3 rings (SSSR count). The van der Waals surface area contributed by atoms with E-state index in [1.165, 1.54) is 50.7 Å². The Labute approximate surface area is 199 Å². The predicted octanol–water partition coefficient (Wildman–Crippen LogP) is 4.31. The number of anilines is 1. The van der Waals surface area contributed by atoms with Crippen LogP contribution >= 0.6 is 0 Å². The summed E-state index contributed by atoms with van der Waals surface area (Å²) in [6, 6.07) is 7.00. The molecule has 12 heteroatoms. The number of alkyl halides is 3. The smallest absolute Gasteiger partial charge is 0.433 e. The number of ether oxygens (including phenoxy) is 1. The van der Waals surface area contributed by atoms with E-state index in [0.29, 0.717) is 17.2 Å². The van der Waals surface area contributed by atoms with Crippen LogP contribution in [0.3, 0.4) is 0 Å². The fourth-order valence-electron chi connectivity index (χ4n) is 3.40. The molecular formula is C23H21F4N3O4S. The lowest BCUT2D eigenvalue weighted by atomic mass is 10.0. The van der Waals surface area contributed by atoms with E-state index in [9.17, 15) is 30.8 Å². The maximum absolute atomic E-state index is 13.8. The van der Waals surface area contributed by atoms with Crippen molar-refractivity contribution < 1.29 is 35.5 Å². The third-order valence-corrected chi connectivity index (χ3v) is 5.89. The summed E-state index contributed by atoms with van der Waals surface area (Å²) in [5.41, 5.74) is -0.826. The van der Waals surface area contributed by atoms with Gasteiger partial charge >= 0.3 is 6.18 Å². The predicted molar refractivity (Wildman–Crippen MR) is 122 cm³/mol. The number of pyridine rings is 2. The highest BCUT2D eigenvalue weighted by atomic mass is 32.2. The third-order valence-electron chi connectivity index (χ3n) is 4.97. The van der Waals surface area contributed by atoms with Crippen LogP contribution in [-0.2, 0) is 16.0 Å². The van der Waals surface area contributed by atoms with Crippen LogP contribution in [0.15, 0.2) is 48.8 Å². The van der Waals surface area contributed by atoms with Gasteiger partial charge in [0.25, 0.3) is 5.91 Å². The molecule has 0 fully saturated rings. The third kappa shape index (κ3) is 6.32. The van der Waals surface area contributed by atoms with Crippen molar-refractivity contribution in [1.82, 2.24) is 9.97 Å². The number of carbonyl (C=O) groups is 1. The molecule has 0 atom stereocenters. The van der Waals surface area contributed by atoms with Gasteiger partial charge in [0.05, 0.1) is 24.7 Å². The molecule has 0 aliphatic heterocycles. The zero-order valence-corrected chi connectivity index (χ0v) is 19.7. The number of amides is 1. The van der Waals surface area contributed by atoms with Crippen molar-refractivity contribution in [3.05, 3.63) is 71.6 Å². The highest BCUT2D eigenvalue weighted by molar-refractivity contribution is 7.90.